The Hall–Kier alpha value is -2.87. The van der Waals surface area contributed by atoms with Gasteiger partial charge in [-0.1, -0.05) is 56.7 Å². The molecule has 0 saturated carbocycles. The lowest BCUT2D eigenvalue weighted by Crippen LogP contribution is -2.35. The first-order chi connectivity index (χ1) is 17.0. The van der Waals surface area contributed by atoms with Crippen molar-refractivity contribution in [3.63, 3.8) is 0 Å². The number of hydrogen-bond donors (Lipinski definition) is 1. The molecule has 3 aromatic rings. The Balaban J connectivity index is 1.89. The monoisotopic (exact) mass is 481 g/mol. The molecule has 7 nitrogen and oxygen atoms in total. The van der Waals surface area contributed by atoms with Gasteiger partial charge in [0, 0.05) is 38.4 Å². The van der Waals surface area contributed by atoms with E-state index in [1.165, 1.54) is 0 Å². The van der Waals surface area contributed by atoms with Crippen LogP contribution in [0.25, 0.3) is 11.3 Å². The summed E-state index contributed by atoms with van der Waals surface area (Å²) in [6, 6.07) is 17.7. The van der Waals surface area contributed by atoms with Crippen LogP contribution in [0.1, 0.15) is 38.7 Å². The van der Waals surface area contributed by atoms with Crippen molar-refractivity contribution in [2.24, 2.45) is 7.05 Å². The molecule has 0 saturated heterocycles. The predicted octanol–water partition coefficient (Wildman–Crippen LogP) is 5.28. The molecule has 1 N–H and O–H groups in total. The Kier molecular flexibility index (Phi) is 10.6. The van der Waals surface area contributed by atoms with Crippen LogP contribution in [-0.4, -0.2) is 59.3 Å². The van der Waals surface area contributed by atoms with Crippen molar-refractivity contribution >= 4 is 0 Å². The van der Waals surface area contributed by atoms with Gasteiger partial charge in [0.25, 0.3) is 0 Å². The van der Waals surface area contributed by atoms with E-state index in [4.69, 9.17) is 19.3 Å². The van der Waals surface area contributed by atoms with Gasteiger partial charge in [-0.25, -0.2) is 4.68 Å². The van der Waals surface area contributed by atoms with Crippen molar-refractivity contribution in [1.82, 2.24) is 14.7 Å². The van der Waals surface area contributed by atoms with E-state index < -0.39 is 6.10 Å². The van der Waals surface area contributed by atoms with E-state index >= 15 is 0 Å². The molecule has 0 radical (unpaired) electrons. The van der Waals surface area contributed by atoms with E-state index in [1.54, 1.807) is 11.8 Å². The maximum absolute atomic E-state index is 10.6. The lowest BCUT2D eigenvalue weighted by molar-refractivity contribution is 0.0143. The molecule has 1 aromatic heterocycles. The number of aromatic nitrogens is 2. The fourth-order valence-electron chi connectivity index (χ4n) is 4.02. The highest BCUT2D eigenvalue weighted by atomic mass is 16.5. The first-order valence-corrected chi connectivity index (χ1v) is 12.5. The van der Waals surface area contributed by atoms with Crippen LogP contribution in [0.15, 0.2) is 54.6 Å². The minimum atomic E-state index is -0.557. The number of benzene rings is 2. The topological polar surface area (TPSA) is 69.0 Å². The average molecular weight is 482 g/mol. The van der Waals surface area contributed by atoms with Crippen molar-refractivity contribution in [1.29, 1.82) is 0 Å². The average Bonchev–Trinajstić information content (AvgIpc) is 3.17. The molecule has 1 atom stereocenters. The maximum Gasteiger partial charge on any atom is 0.222 e. The second-order valence-corrected chi connectivity index (χ2v) is 8.72. The summed E-state index contributed by atoms with van der Waals surface area (Å²) in [6.45, 7) is 7.25. The summed E-state index contributed by atoms with van der Waals surface area (Å²) in [7, 11) is 3.54. The molecule has 7 heteroatoms. The maximum atomic E-state index is 10.6. The van der Waals surface area contributed by atoms with E-state index in [2.05, 4.69) is 30.9 Å². The normalized spacial score (nSPS) is 12.2. The van der Waals surface area contributed by atoms with Crippen molar-refractivity contribution in [2.45, 2.75) is 45.8 Å². The summed E-state index contributed by atoms with van der Waals surface area (Å²) in [5.41, 5.74) is 2.88. The zero-order valence-corrected chi connectivity index (χ0v) is 21.4. The van der Waals surface area contributed by atoms with E-state index in [9.17, 15) is 5.11 Å². The Bertz CT molecular complexity index is 1020. The minimum Gasteiger partial charge on any atom is -0.497 e. The minimum absolute atomic E-state index is 0.339. The summed E-state index contributed by atoms with van der Waals surface area (Å²) in [5, 5.41) is 15.5. The zero-order chi connectivity index (χ0) is 25.0. The first-order valence-electron chi connectivity index (χ1n) is 12.5. The number of ether oxygens (including phenoxy) is 3. The second-order valence-electron chi connectivity index (χ2n) is 8.72. The zero-order valence-electron chi connectivity index (χ0n) is 21.4. The molecular weight excluding hydrogens is 442 g/mol. The van der Waals surface area contributed by atoms with Crippen LogP contribution in [0.4, 0.5) is 0 Å². The molecule has 190 valence electrons. The van der Waals surface area contributed by atoms with Crippen LogP contribution in [0.3, 0.4) is 0 Å². The Morgan fingerprint density at radius 3 is 2.51 bits per heavy atom. The highest BCUT2D eigenvalue weighted by Gasteiger charge is 2.23. The number of methoxy groups -OCH3 is 1. The quantitative estimate of drug-likeness (QED) is 0.298. The summed E-state index contributed by atoms with van der Waals surface area (Å²) in [5.74, 6) is 2.08. The molecule has 0 aliphatic heterocycles. The second kappa shape index (κ2) is 13.9. The number of aryl methyl sites for hydroxylation is 1. The number of unbranched alkanes of at least 4 members (excludes halogenated alkanes) is 1. The summed E-state index contributed by atoms with van der Waals surface area (Å²) >= 11 is 0. The molecule has 0 fully saturated rings. The summed E-state index contributed by atoms with van der Waals surface area (Å²) in [4.78, 5) is 2.25. The first kappa shape index (κ1) is 26.7. The van der Waals surface area contributed by atoms with Gasteiger partial charge in [0.1, 0.15) is 17.2 Å². The number of nitrogens with zero attached hydrogens (tertiary/aromatic N) is 3. The summed E-state index contributed by atoms with van der Waals surface area (Å²) in [6.07, 6.45) is 2.50. The number of hydrogen-bond acceptors (Lipinski definition) is 6. The third kappa shape index (κ3) is 7.82. The van der Waals surface area contributed by atoms with E-state index in [0.717, 1.165) is 48.4 Å². The van der Waals surface area contributed by atoms with E-state index in [1.807, 2.05) is 49.5 Å². The largest absolute Gasteiger partial charge is 0.497 e. The molecule has 1 heterocycles. The molecule has 0 spiro atoms. The van der Waals surface area contributed by atoms with Gasteiger partial charge >= 0.3 is 0 Å². The lowest BCUT2D eigenvalue weighted by Gasteiger charge is -2.25. The van der Waals surface area contributed by atoms with Gasteiger partial charge in [0.2, 0.25) is 5.88 Å². The van der Waals surface area contributed by atoms with Crippen LogP contribution >= 0.6 is 0 Å². The van der Waals surface area contributed by atoms with E-state index in [-0.39, 0.29) is 0 Å². The predicted molar refractivity (Wildman–Crippen MR) is 139 cm³/mol. The highest BCUT2D eigenvalue weighted by Crippen LogP contribution is 2.35. The van der Waals surface area contributed by atoms with Crippen LogP contribution in [0.2, 0.25) is 0 Å². The molecule has 2 aromatic carbocycles. The molecule has 0 bridgehead atoms. The smallest absolute Gasteiger partial charge is 0.222 e. The fourth-order valence-corrected chi connectivity index (χ4v) is 4.02. The number of aliphatic hydroxyl groups is 1. The molecule has 1 unspecified atom stereocenters. The van der Waals surface area contributed by atoms with Crippen molar-refractivity contribution in [2.75, 3.05) is 33.4 Å². The van der Waals surface area contributed by atoms with Crippen molar-refractivity contribution < 1.29 is 19.3 Å². The van der Waals surface area contributed by atoms with Crippen LogP contribution in [0, 0.1) is 0 Å². The van der Waals surface area contributed by atoms with Crippen LogP contribution in [0.5, 0.6) is 17.4 Å². The standard InChI is InChI=1S/C28H39N3O4/c1-5-7-17-34-21-23(32)19-31(16-6-2)20-26-27(22-12-9-8-10-13-22)29-30(3)28(26)35-25-15-11-14-24(18-25)33-4/h8-15,18,23,32H,5-7,16-17,19-21H2,1-4H3. The van der Waals surface area contributed by atoms with Gasteiger partial charge < -0.3 is 19.3 Å². The highest BCUT2D eigenvalue weighted by molar-refractivity contribution is 5.65. The molecule has 3 rings (SSSR count). The Morgan fingerprint density at radius 1 is 1.03 bits per heavy atom. The van der Waals surface area contributed by atoms with Gasteiger partial charge in [-0.05, 0) is 31.5 Å². The van der Waals surface area contributed by atoms with Crippen molar-refractivity contribution in [3.8, 4) is 28.6 Å². The molecule has 35 heavy (non-hydrogen) atoms. The third-order valence-corrected chi connectivity index (χ3v) is 5.73. The van der Waals surface area contributed by atoms with Gasteiger partial charge in [0.15, 0.2) is 0 Å². The fraction of sp³-hybridized carbons (Fsp3) is 0.464. The molecule has 0 aliphatic rings. The van der Waals surface area contributed by atoms with Gasteiger partial charge in [0.05, 0.1) is 25.4 Å². The van der Waals surface area contributed by atoms with E-state index in [0.29, 0.717) is 37.9 Å². The van der Waals surface area contributed by atoms with Gasteiger partial charge in [-0.3, -0.25) is 4.90 Å². The van der Waals surface area contributed by atoms with Gasteiger partial charge in [-0.15, -0.1) is 0 Å². The molecular formula is C28H39N3O4. The Labute approximate surface area is 209 Å². The van der Waals surface area contributed by atoms with Gasteiger partial charge in [-0.2, -0.15) is 5.10 Å². The third-order valence-electron chi connectivity index (χ3n) is 5.73. The SMILES string of the molecule is CCCCOCC(O)CN(CCC)Cc1c(-c2ccccc2)nn(C)c1Oc1cccc(OC)c1. The lowest BCUT2D eigenvalue weighted by atomic mass is 10.1. The molecule has 0 aliphatic carbocycles. The number of rotatable bonds is 15. The van der Waals surface area contributed by atoms with Crippen molar-refractivity contribution in [3.05, 3.63) is 60.2 Å². The summed E-state index contributed by atoms with van der Waals surface area (Å²) < 4.78 is 19.2. The van der Waals surface area contributed by atoms with Crippen LogP contribution in [-0.2, 0) is 18.3 Å². The Morgan fingerprint density at radius 2 is 1.80 bits per heavy atom. The molecule has 0 amide bonds. The van der Waals surface area contributed by atoms with Crippen LogP contribution < -0.4 is 9.47 Å². The number of aliphatic hydroxyl groups excluding tert-OH is 1.